The molecule has 0 bridgehead atoms. The number of benzene rings is 3. The Morgan fingerprint density at radius 2 is 1.68 bits per heavy atom. The number of aromatic nitrogens is 2. The number of fused-ring (bicyclic) bond motifs is 1. The second-order valence-corrected chi connectivity index (χ2v) is 10.8. The van der Waals surface area contributed by atoms with E-state index < -0.39 is 24.0 Å². The molecule has 0 aliphatic carbocycles. The van der Waals surface area contributed by atoms with Gasteiger partial charge in [0, 0.05) is 29.1 Å². The van der Waals surface area contributed by atoms with Crippen LogP contribution in [0.5, 0.6) is 5.75 Å². The average Bonchev–Trinajstić information content (AvgIpc) is 3.29. The number of aromatic amines is 1. The summed E-state index contributed by atoms with van der Waals surface area (Å²) in [6, 6.07) is 19.9. The zero-order valence-electron chi connectivity index (χ0n) is 21.4. The molecule has 1 aliphatic rings. The van der Waals surface area contributed by atoms with Crippen LogP contribution in [-0.4, -0.2) is 56.7 Å². The van der Waals surface area contributed by atoms with Gasteiger partial charge in [-0.2, -0.15) is 0 Å². The highest BCUT2D eigenvalue weighted by Gasteiger charge is 2.27. The van der Waals surface area contributed by atoms with Crippen molar-refractivity contribution in [3.8, 4) is 5.75 Å². The highest BCUT2D eigenvalue weighted by Crippen LogP contribution is 2.25. The molecule has 206 valence electrons. The minimum absolute atomic E-state index is 0.0139. The quantitative estimate of drug-likeness (QED) is 0.256. The lowest BCUT2D eigenvalue weighted by molar-refractivity contribution is -0.139. The number of carboxylic acid groups (broad SMARTS) is 1. The monoisotopic (exact) mass is 654 g/mol. The first-order valence-corrected chi connectivity index (χ1v) is 13.9. The molecule has 1 atom stereocenters. The molecule has 3 aromatic carbocycles. The maximum Gasteiger partial charge on any atom is 0.415 e. The van der Waals surface area contributed by atoms with E-state index in [0.29, 0.717) is 42.8 Å². The fourth-order valence-corrected chi connectivity index (χ4v) is 5.55. The van der Waals surface area contributed by atoms with Crippen LogP contribution in [0.2, 0.25) is 0 Å². The van der Waals surface area contributed by atoms with Crippen LogP contribution in [0.4, 0.5) is 4.79 Å². The van der Waals surface area contributed by atoms with Crippen LogP contribution >= 0.6 is 22.6 Å². The number of carbonyl (C=O) groups is 3. The summed E-state index contributed by atoms with van der Waals surface area (Å²) in [5.41, 5.74) is 2.57. The minimum atomic E-state index is -1.15. The van der Waals surface area contributed by atoms with Gasteiger partial charge >= 0.3 is 17.8 Å². The lowest BCUT2D eigenvalue weighted by Crippen LogP contribution is -2.42. The topological polar surface area (TPSA) is 134 Å². The third-order valence-corrected chi connectivity index (χ3v) is 7.94. The molecule has 10 nitrogen and oxygen atoms in total. The van der Waals surface area contributed by atoms with Gasteiger partial charge in [0.15, 0.2) is 0 Å². The van der Waals surface area contributed by atoms with Gasteiger partial charge in [-0.05, 0) is 77.4 Å². The van der Waals surface area contributed by atoms with E-state index in [4.69, 9.17) is 4.74 Å². The van der Waals surface area contributed by atoms with Crippen molar-refractivity contribution in [1.82, 2.24) is 19.8 Å². The van der Waals surface area contributed by atoms with Crippen LogP contribution in [0.3, 0.4) is 0 Å². The molecule has 0 unspecified atom stereocenters. The Kier molecular flexibility index (Phi) is 8.19. The number of rotatable bonds is 7. The first-order chi connectivity index (χ1) is 19.3. The van der Waals surface area contributed by atoms with Crippen molar-refractivity contribution in [2.75, 3.05) is 13.1 Å². The standard InChI is InChI=1S/C29H27IN4O6/c30-22-6-2-1-5-21(22)26(35)31-24(27(36)37)17-18-9-11-20(12-10-18)40-29(39)33-15-13-19(14-16-33)34-25-8-4-3-7-23(25)32-28(34)38/h1-12,19,24H,13-17H2,(H,31,35)(H,32,38)(H,36,37)/t24-/m0/s1. The summed E-state index contributed by atoms with van der Waals surface area (Å²) in [5.74, 6) is -1.27. The number of hydrogen-bond donors (Lipinski definition) is 3. The summed E-state index contributed by atoms with van der Waals surface area (Å²) in [7, 11) is 0. The second-order valence-electron chi connectivity index (χ2n) is 9.60. The summed E-state index contributed by atoms with van der Waals surface area (Å²) >= 11 is 2.03. The highest BCUT2D eigenvalue weighted by atomic mass is 127. The molecular formula is C29H27IN4O6. The number of para-hydroxylation sites is 2. The van der Waals surface area contributed by atoms with Gasteiger partial charge in [0.05, 0.1) is 16.6 Å². The molecule has 1 fully saturated rings. The van der Waals surface area contributed by atoms with Crippen LogP contribution in [0.25, 0.3) is 11.0 Å². The van der Waals surface area contributed by atoms with Gasteiger partial charge < -0.3 is 25.0 Å². The number of ether oxygens (including phenoxy) is 1. The Bertz CT molecular complexity index is 1600. The van der Waals surface area contributed by atoms with Crippen LogP contribution < -0.4 is 15.7 Å². The van der Waals surface area contributed by atoms with E-state index in [9.17, 15) is 24.3 Å². The van der Waals surface area contributed by atoms with Crippen molar-refractivity contribution < 1.29 is 24.2 Å². The normalized spacial score (nSPS) is 14.6. The fraction of sp³-hybridized carbons (Fsp3) is 0.241. The van der Waals surface area contributed by atoms with E-state index in [2.05, 4.69) is 10.3 Å². The Morgan fingerprint density at radius 3 is 2.38 bits per heavy atom. The molecule has 0 spiro atoms. The number of carbonyl (C=O) groups excluding carboxylic acids is 2. The number of likely N-dealkylation sites (tertiary alicyclic amines) is 1. The van der Waals surface area contributed by atoms with E-state index in [1.807, 2.05) is 46.9 Å². The number of aliphatic carboxylic acids is 1. The zero-order valence-corrected chi connectivity index (χ0v) is 23.5. The Balaban J connectivity index is 1.16. The smallest absolute Gasteiger partial charge is 0.415 e. The number of amides is 2. The summed E-state index contributed by atoms with van der Waals surface area (Å²) in [6.07, 6.45) is 0.838. The van der Waals surface area contributed by atoms with E-state index in [1.54, 1.807) is 58.0 Å². The van der Waals surface area contributed by atoms with Crippen LogP contribution in [0, 0.1) is 3.57 Å². The number of H-pyrrole nitrogens is 1. The van der Waals surface area contributed by atoms with Crippen molar-refractivity contribution in [2.24, 2.45) is 0 Å². The summed E-state index contributed by atoms with van der Waals surface area (Å²) in [4.78, 5) is 54.2. The molecule has 1 aromatic heterocycles. The zero-order chi connectivity index (χ0) is 28.2. The number of hydrogen-bond acceptors (Lipinski definition) is 5. The maximum atomic E-state index is 12.8. The van der Waals surface area contributed by atoms with Crippen molar-refractivity contribution in [3.63, 3.8) is 0 Å². The number of halogens is 1. The lowest BCUT2D eigenvalue weighted by atomic mass is 10.0. The lowest BCUT2D eigenvalue weighted by Gasteiger charge is -2.31. The summed E-state index contributed by atoms with van der Waals surface area (Å²) in [5, 5.41) is 12.2. The van der Waals surface area contributed by atoms with Gasteiger partial charge in [-0.1, -0.05) is 36.4 Å². The molecule has 0 saturated carbocycles. The molecule has 2 amide bonds. The van der Waals surface area contributed by atoms with E-state index in [-0.39, 0.29) is 18.2 Å². The van der Waals surface area contributed by atoms with Crippen molar-refractivity contribution in [1.29, 1.82) is 0 Å². The van der Waals surface area contributed by atoms with Crippen molar-refractivity contribution in [2.45, 2.75) is 31.3 Å². The van der Waals surface area contributed by atoms with E-state index in [1.165, 1.54) is 0 Å². The number of carboxylic acids is 1. The van der Waals surface area contributed by atoms with Crippen LogP contribution in [0.1, 0.15) is 34.8 Å². The number of piperidine rings is 1. The molecule has 3 N–H and O–H groups in total. The predicted molar refractivity (Wildman–Crippen MR) is 157 cm³/mol. The predicted octanol–water partition coefficient (Wildman–Crippen LogP) is 4.20. The molecule has 4 aromatic rings. The van der Waals surface area contributed by atoms with Crippen molar-refractivity contribution in [3.05, 3.63) is 98.0 Å². The number of nitrogens with zero attached hydrogens (tertiary/aromatic N) is 2. The molecule has 5 rings (SSSR count). The Morgan fingerprint density at radius 1 is 1.00 bits per heavy atom. The minimum Gasteiger partial charge on any atom is -0.480 e. The van der Waals surface area contributed by atoms with Gasteiger partial charge in [-0.15, -0.1) is 0 Å². The Labute approximate surface area is 243 Å². The summed E-state index contributed by atoms with van der Waals surface area (Å²) in [6.45, 7) is 0.905. The molecule has 1 saturated heterocycles. The van der Waals surface area contributed by atoms with E-state index >= 15 is 0 Å². The molecule has 1 aliphatic heterocycles. The van der Waals surface area contributed by atoms with Crippen LogP contribution in [0.15, 0.2) is 77.6 Å². The largest absolute Gasteiger partial charge is 0.480 e. The van der Waals surface area contributed by atoms with E-state index in [0.717, 1.165) is 14.6 Å². The molecule has 40 heavy (non-hydrogen) atoms. The fourth-order valence-electron chi connectivity index (χ4n) is 4.92. The maximum absolute atomic E-state index is 12.8. The summed E-state index contributed by atoms with van der Waals surface area (Å²) < 4.78 is 8.04. The molecule has 11 heteroatoms. The SMILES string of the molecule is O=C(N[C@@H](Cc1ccc(OC(=O)N2CCC(n3c(=O)[nH]c4ccccc43)CC2)cc1)C(=O)O)c1ccccc1I. The van der Waals surface area contributed by atoms with Gasteiger partial charge in [-0.25, -0.2) is 14.4 Å². The van der Waals surface area contributed by atoms with Crippen LogP contribution in [-0.2, 0) is 11.2 Å². The Hall–Kier alpha value is -4.13. The molecular weight excluding hydrogens is 627 g/mol. The van der Waals surface area contributed by atoms with Crippen molar-refractivity contribution >= 4 is 51.6 Å². The van der Waals surface area contributed by atoms with Gasteiger partial charge in [-0.3, -0.25) is 9.36 Å². The third-order valence-electron chi connectivity index (χ3n) is 7.00. The number of imidazole rings is 1. The van der Waals surface area contributed by atoms with Gasteiger partial charge in [0.25, 0.3) is 5.91 Å². The second kappa shape index (κ2) is 11.9. The number of nitrogens with one attached hydrogen (secondary N) is 2. The molecule has 0 radical (unpaired) electrons. The van der Waals surface area contributed by atoms with Gasteiger partial charge in [0.1, 0.15) is 11.8 Å². The first kappa shape index (κ1) is 27.4. The highest BCUT2D eigenvalue weighted by molar-refractivity contribution is 14.1. The third kappa shape index (κ3) is 6.03. The average molecular weight is 654 g/mol. The molecule has 2 heterocycles. The first-order valence-electron chi connectivity index (χ1n) is 12.8. The van der Waals surface area contributed by atoms with Gasteiger partial charge in [0.2, 0.25) is 0 Å².